The fourth-order valence-electron chi connectivity index (χ4n) is 1.08. The third-order valence-corrected chi connectivity index (χ3v) is 1.84. The minimum absolute atomic E-state index is 0.0388. The summed E-state index contributed by atoms with van der Waals surface area (Å²) in [5.41, 5.74) is 0.0401. The molecule has 0 spiro atoms. The zero-order chi connectivity index (χ0) is 11.3. The van der Waals surface area contributed by atoms with Gasteiger partial charge in [0.05, 0.1) is 5.56 Å². The molecule has 0 fully saturated rings. The van der Waals surface area contributed by atoms with Gasteiger partial charge in [-0.25, -0.2) is 0 Å². The molecule has 0 saturated heterocycles. The third kappa shape index (κ3) is 3.75. The number of aliphatic hydroxyl groups excluding tert-OH is 1. The lowest BCUT2D eigenvalue weighted by Crippen LogP contribution is -2.03. The number of halogens is 3. The maximum atomic E-state index is 12.2. The van der Waals surface area contributed by atoms with Crippen LogP contribution >= 0.6 is 0 Å². The van der Waals surface area contributed by atoms with Gasteiger partial charge in [0.1, 0.15) is 0 Å². The van der Waals surface area contributed by atoms with Crippen molar-refractivity contribution in [1.82, 2.24) is 0 Å². The van der Waals surface area contributed by atoms with Crippen LogP contribution in [-0.4, -0.2) is 11.7 Å². The molecule has 1 aromatic carbocycles. The van der Waals surface area contributed by atoms with Crippen molar-refractivity contribution in [2.24, 2.45) is 0 Å². The van der Waals surface area contributed by atoms with Gasteiger partial charge >= 0.3 is 6.18 Å². The predicted molar refractivity (Wildman–Crippen MR) is 52.2 cm³/mol. The van der Waals surface area contributed by atoms with Gasteiger partial charge in [0.2, 0.25) is 0 Å². The van der Waals surface area contributed by atoms with Crippen molar-refractivity contribution < 1.29 is 18.3 Å². The molecule has 0 radical (unpaired) electrons. The summed E-state index contributed by atoms with van der Waals surface area (Å²) in [6, 6.07) is 4.88. The van der Waals surface area contributed by atoms with E-state index < -0.39 is 11.7 Å². The van der Waals surface area contributed by atoms with E-state index in [0.717, 1.165) is 12.1 Å². The van der Waals surface area contributed by atoms with E-state index in [4.69, 9.17) is 5.11 Å². The molecule has 1 aromatic rings. The van der Waals surface area contributed by atoms with Crippen molar-refractivity contribution in [3.63, 3.8) is 0 Å². The van der Waals surface area contributed by atoms with Crippen LogP contribution in [0.4, 0.5) is 13.2 Å². The van der Waals surface area contributed by atoms with Crippen molar-refractivity contribution in [3.05, 3.63) is 41.5 Å². The SMILES string of the molecule is OCCC=Cc1ccc(C(F)(F)F)cc1. The Morgan fingerprint density at radius 3 is 2.20 bits per heavy atom. The molecular formula is C11H11F3O. The normalized spacial score (nSPS) is 12.3. The van der Waals surface area contributed by atoms with Crippen molar-refractivity contribution in [2.75, 3.05) is 6.61 Å². The van der Waals surface area contributed by atoms with Gasteiger partial charge in [0.15, 0.2) is 0 Å². The third-order valence-electron chi connectivity index (χ3n) is 1.84. The van der Waals surface area contributed by atoms with E-state index in [2.05, 4.69) is 0 Å². The van der Waals surface area contributed by atoms with Crippen LogP contribution in [-0.2, 0) is 6.18 Å². The van der Waals surface area contributed by atoms with Crippen molar-refractivity contribution in [3.8, 4) is 0 Å². The van der Waals surface area contributed by atoms with Crippen molar-refractivity contribution >= 4 is 6.08 Å². The monoisotopic (exact) mass is 216 g/mol. The van der Waals surface area contributed by atoms with E-state index in [-0.39, 0.29) is 6.61 Å². The average Bonchev–Trinajstić information content (AvgIpc) is 2.18. The highest BCUT2D eigenvalue weighted by Crippen LogP contribution is 2.29. The summed E-state index contributed by atoms with van der Waals surface area (Å²) >= 11 is 0. The second kappa shape index (κ2) is 4.98. The Hall–Kier alpha value is -1.29. The van der Waals surface area contributed by atoms with E-state index >= 15 is 0 Å². The number of alkyl halides is 3. The number of benzene rings is 1. The molecule has 0 saturated carbocycles. The molecule has 4 heteroatoms. The topological polar surface area (TPSA) is 20.2 Å². The Kier molecular flexibility index (Phi) is 3.91. The Morgan fingerprint density at radius 1 is 1.13 bits per heavy atom. The number of hydrogen-bond acceptors (Lipinski definition) is 1. The minimum Gasteiger partial charge on any atom is -0.396 e. The highest BCUT2D eigenvalue weighted by molar-refractivity contribution is 5.49. The summed E-state index contributed by atoms with van der Waals surface area (Å²) in [7, 11) is 0. The largest absolute Gasteiger partial charge is 0.416 e. The van der Waals surface area contributed by atoms with Gasteiger partial charge in [-0.15, -0.1) is 0 Å². The van der Waals surface area contributed by atoms with E-state index in [1.807, 2.05) is 0 Å². The fraction of sp³-hybridized carbons (Fsp3) is 0.273. The molecule has 82 valence electrons. The van der Waals surface area contributed by atoms with Crippen LogP contribution in [0.25, 0.3) is 6.08 Å². The van der Waals surface area contributed by atoms with Gasteiger partial charge in [-0.3, -0.25) is 0 Å². The minimum atomic E-state index is -4.28. The predicted octanol–water partition coefficient (Wildman–Crippen LogP) is 3.10. The fourth-order valence-corrected chi connectivity index (χ4v) is 1.08. The Labute approximate surface area is 85.9 Å². The molecule has 0 aromatic heterocycles. The molecule has 0 aliphatic carbocycles. The van der Waals surface area contributed by atoms with Gasteiger partial charge in [0, 0.05) is 6.61 Å². The van der Waals surface area contributed by atoms with Crippen molar-refractivity contribution in [2.45, 2.75) is 12.6 Å². The molecule has 0 amide bonds. The Bertz CT molecular complexity index is 325. The van der Waals surface area contributed by atoms with Gasteiger partial charge in [0.25, 0.3) is 0 Å². The van der Waals surface area contributed by atoms with Crippen LogP contribution in [0.3, 0.4) is 0 Å². The van der Waals surface area contributed by atoms with E-state index in [9.17, 15) is 13.2 Å². The van der Waals surface area contributed by atoms with Crippen LogP contribution < -0.4 is 0 Å². The first-order chi connectivity index (χ1) is 7.04. The molecule has 1 rings (SSSR count). The van der Waals surface area contributed by atoms with Gasteiger partial charge in [-0.05, 0) is 24.1 Å². The maximum absolute atomic E-state index is 12.2. The lowest BCUT2D eigenvalue weighted by Gasteiger charge is -2.05. The van der Waals surface area contributed by atoms with Crippen LogP contribution in [0.15, 0.2) is 30.3 Å². The molecule has 0 heterocycles. The van der Waals surface area contributed by atoms with E-state index in [1.54, 1.807) is 12.2 Å². The van der Waals surface area contributed by atoms with Crippen molar-refractivity contribution in [1.29, 1.82) is 0 Å². The molecule has 0 aliphatic rings. The molecule has 0 aliphatic heterocycles. The number of hydrogen-bond donors (Lipinski definition) is 1. The van der Waals surface area contributed by atoms with Crippen LogP contribution in [0.2, 0.25) is 0 Å². The van der Waals surface area contributed by atoms with Crippen LogP contribution in [0, 0.1) is 0 Å². The molecule has 0 unspecified atom stereocenters. The highest BCUT2D eigenvalue weighted by atomic mass is 19.4. The number of rotatable bonds is 3. The van der Waals surface area contributed by atoms with Crippen LogP contribution in [0.5, 0.6) is 0 Å². The second-order valence-electron chi connectivity index (χ2n) is 3.03. The average molecular weight is 216 g/mol. The first kappa shape index (κ1) is 11.8. The Balaban J connectivity index is 2.73. The molecule has 0 bridgehead atoms. The molecular weight excluding hydrogens is 205 g/mol. The molecule has 0 atom stereocenters. The second-order valence-corrected chi connectivity index (χ2v) is 3.03. The quantitative estimate of drug-likeness (QED) is 0.823. The standard InChI is InChI=1S/C11H11F3O/c12-11(13,14)10-6-4-9(5-7-10)3-1-2-8-15/h1,3-7,15H,2,8H2. The summed E-state index contributed by atoms with van der Waals surface area (Å²) < 4.78 is 36.5. The lowest BCUT2D eigenvalue weighted by atomic mass is 10.1. The van der Waals surface area contributed by atoms with E-state index in [1.165, 1.54) is 12.1 Å². The number of aliphatic hydroxyl groups is 1. The summed E-state index contributed by atoms with van der Waals surface area (Å²) in [5.74, 6) is 0. The zero-order valence-corrected chi connectivity index (χ0v) is 7.96. The maximum Gasteiger partial charge on any atom is 0.416 e. The van der Waals surface area contributed by atoms with E-state index in [0.29, 0.717) is 12.0 Å². The van der Waals surface area contributed by atoms with Gasteiger partial charge < -0.3 is 5.11 Å². The summed E-state index contributed by atoms with van der Waals surface area (Å²) in [6.45, 7) is 0.0388. The Morgan fingerprint density at radius 2 is 1.73 bits per heavy atom. The summed E-state index contributed by atoms with van der Waals surface area (Å²) in [6.07, 6.45) is -0.396. The lowest BCUT2D eigenvalue weighted by molar-refractivity contribution is -0.137. The molecule has 15 heavy (non-hydrogen) atoms. The highest BCUT2D eigenvalue weighted by Gasteiger charge is 2.29. The summed E-state index contributed by atoms with van der Waals surface area (Å²) in [5, 5.41) is 8.50. The molecule has 1 N–H and O–H groups in total. The van der Waals surface area contributed by atoms with Gasteiger partial charge in [-0.2, -0.15) is 13.2 Å². The smallest absolute Gasteiger partial charge is 0.396 e. The first-order valence-electron chi connectivity index (χ1n) is 4.48. The summed E-state index contributed by atoms with van der Waals surface area (Å²) in [4.78, 5) is 0. The first-order valence-corrected chi connectivity index (χ1v) is 4.48. The molecule has 1 nitrogen and oxygen atoms in total. The zero-order valence-electron chi connectivity index (χ0n) is 7.96. The van der Waals surface area contributed by atoms with Gasteiger partial charge in [-0.1, -0.05) is 24.3 Å². The van der Waals surface area contributed by atoms with Crippen LogP contribution in [0.1, 0.15) is 17.5 Å².